The Kier molecular flexibility index (Phi) is 8.11. The number of carbonyl (C=O) groups is 2. The number of benzene rings is 1. The molecule has 1 fully saturated rings. The molecule has 1 aliphatic heterocycles. The standard InChI is InChI=1S/C12H14O4.C5H11P/c1-2-12(10(13)14,11(15)16)8-9-6-4-3-5-7-9;1-2-4-6-5-3-1/h3-7H,2,8H2,1H3,(H,13,14)(H,15,16);6H,1-5H2. The lowest BCUT2D eigenvalue weighted by atomic mass is 9.79. The van der Waals surface area contributed by atoms with Crippen LogP contribution in [0.5, 0.6) is 0 Å². The lowest BCUT2D eigenvalue weighted by Crippen LogP contribution is -2.40. The van der Waals surface area contributed by atoms with E-state index in [0.29, 0.717) is 5.56 Å². The summed E-state index contributed by atoms with van der Waals surface area (Å²) in [6, 6.07) is 8.80. The van der Waals surface area contributed by atoms with Crippen molar-refractivity contribution in [2.75, 3.05) is 12.3 Å². The zero-order chi connectivity index (χ0) is 16.4. The minimum Gasteiger partial charge on any atom is -0.480 e. The van der Waals surface area contributed by atoms with E-state index in [1.54, 1.807) is 37.3 Å². The fourth-order valence-corrected chi connectivity index (χ4v) is 3.67. The fourth-order valence-electron chi connectivity index (χ4n) is 2.42. The number of rotatable bonds is 5. The first kappa shape index (κ1) is 18.6. The van der Waals surface area contributed by atoms with Gasteiger partial charge in [0.15, 0.2) is 5.41 Å². The van der Waals surface area contributed by atoms with Crippen molar-refractivity contribution >= 4 is 20.5 Å². The zero-order valence-electron chi connectivity index (χ0n) is 13.0. The van der Waals surface area contributed by atoms with Crippen LogP contribution >= 0.6 is 8.58 Å². The molecule has 0 amide bonds. The second-order valence-electron chi connectivity index (χ2n) is 5.52. The van der Waals surface area contributed by atoms with Gasteiger partial charge in [-0.15, -0.1) is 8.58 Å². The van der Waals surface area contributed by atoms with Gasteiger partial charge in [-0.05, 0) is 43.6 Å². The van der Waals surface area contributed by atoms with Crippen LogP contribution in [0, 0.1) is 5.41 Å². The van der Waals surface area contributed by atoms with Gasteiger partial charge in [-0.1, -0.05) is 43.7 Å². The molecule has 1 aromatic rings. The molecule has 0 atom stereocenters. The number of carboxylic acid groups (broad SMARTS) is 2. The van der Waals surface area contributed by atoms with Crippen LogP contribution in [0.25, 0.3) is 0 Å². The van der Waals surface area contributed by atoms with Crippen molar-refractivity contribution in [1.82, 2.24) is 0 Å². The lowest BCUT2D eigenvalue weighted by Gasteiger charge is -2.23. The largest absolute Gasteiger partial charge is 0.480 e. The summed E-state index contributed by atoms with van der Waals surface area (Å²) in [5.41, 5.74) is -1.00. The topological polar surface area (TPSA) is 74.6 Å². The van der Waals surface area contributed by atoms with Crippen LogP contribution in [0.1, 0.15) is 38.2 Å². The molecular weight excluding hydrogens is 299 g/mol. The fraction of sp³-hybridized carbons (Fsp3) is 0.529. The van der Waals surface area contributed by atoms with Crippen LogP contribution in [-0.2, 0) is 16.0 Å². The number of hydrogen-bond donors (Lipinski definition) is 2. The molecule has 122 valence electrons. The summed E-state index contributed by atoms with van der Waals surface area (Å²) in [5.74, 6) is -2.57. The van der Waals surface area contributed by atoms with Crippen LogP contribution in [0.4, 0.5) is 0 Å². The molecule has 1 aromatic carbocycles. The van der Waals surface area contributed by atoms with E-state index in [9.17, 15) is 9.59 Å². The average Bonchev–Trinajstić information content (AvgIpc) is 2.55. The molecule has 0 spiro atoms. The predicted molar refractivity (Wildman–Crippen MR) is 90.0 cm³/mol. The Morgan fingerprint density at radius 3 is 1.91 bits per heavy atom. The van der Waals surface area contributed by atoms with Crippen LogP contribution in [0.2, 0.25) is 0 Å². The normalized spacial score (nSPS) is 14.6. The van der Waals surface area contributed by atoms with Crippen LogP contribution in [-0.4, -0.2) is 34.5 Å². The first-order valence-corrected chi connectivity index (χ1v) is 9.16. The van der Waals surface area contributed by atoms with E-state index in [0.717, 1.165) is 0 Å². The number of carboxylic acids is 2. The Hall–Kier alpha value is -1.41. The van der Waals surface area contributed by atoms with E-state index in [2.05, 4.69) is 0 Å². The highest BCUT2D eigenvalue weighted by molar-refractivity contribution is 7.38. The molecule has 2 N–H and O–H groups in total. The van der Waals surface area contributed by atoms with Gasteiger partial charge in [-0.3, -0.25) is 9.59 Å². The molecule has 22 heavy (non-hydrogen) atoms. The number of aliphatic carboxylic acids is 2. The second-order valence-corrected chi connectivity index (χ2v) is 7.02. The lowest BCUT2D eigenvalue weighted by molar-refractivity contribution is -0.164. The third-order valence-electron chi connectivity index (χ3n) is 3.98. The maximum Gasteiger partial charge on any atom is 0.321 e. The summed E-state index contributed by atoms with van der Waals surface area (Å²) < 4.78 is 0. The Bertz CT molecular complexity index is 443. The van der Waals surface area contributed by atoms with E-state index in [1.165, 1.54) is 40.2 Å². The minimum atomic E-state index is -1.72. The SMILES string of the molecule is C1CCPCC1.CCC(Cc1ccccc1)(C(=O)O)C(=O)O. The highest BCUT2D eigenvalue weighted by Crippen LogP contribution is 2.28. The summed E-state index contributed by atoms with van der Waals surface area (Å²) in [6.45, 7) is 1.57. The number of hydrogen-bond acceptors (Lipinski definition) is 2. The average molecular weight is 324 g/mol. The van der Waals surface area contributed by atoms with Crippen LogP contribution in [0.15, 0.2) is 30.3 Å². The molecule has 0 bridgehead atoms. The Balaban J connectivity index is 0.000000335. The first-order chi connectivity index (χ1) is 10.5. The Morgan fingerprint density at radius 2 is 1.59 bits per heavy atom. The first-order valence-electron chi connectivity index (χ1n) is 7.74. The monoisotopic (exact) mass is 324 g/mol. The molecule has 1 heterocycles. The zero-order valence-corrected chi connectivity index (χ0v) is 14.0. The molecule has 0 aromatic heterocycles. The van der Waals surface area contributed by atoms with E-state index < -0.39 is 17.4 Å². The molecule has 1 saturated heterocycles. The molecule has 0 saturated carbocycles. The van der Waals surface area contributed by atoms with Crippen molar-refractivity contribution in [3.8, 4) is 0 Å². The van der Waals surface area contributed by atoms with Gasteiger partial charge >= 0.3 is 11.9 Å². The van der Waals surface area contributed by atoms with Gasteiger partial charge in [0.2, 0.25) is 0 Å². The molecule has 4 nitrogen and oxygen atoms in total. The minimum absolute atomic E-state index is 0.00894. The third-order valence-corrected chi connectivity index (χ3v) is 5.39. The van der Waals surface area contributed by atoms with Gasteiger partial charge in [0.05, 0.1) is 0 Å². The molecule has 0 aliphatic carbocycles. The summed E-state index contributed by atoms with van der Waals surface area (Å²) >= 11 is 0. The Morgan fingerprint density at radius 1 is 1.05 bits per heavy atom. The summed E-state index contributed by atoms with van der Waals surface area (Å²) in [6.07, 6.45) is 7.66. The van der Waals surface area contributed by atoms with Gasteiger partial charge in [0.25, 0.3) is 0 Å². The van der Waals surface area contributed by atoms with Crippen molar-refractivity contribution in [2.24, 2.45) is 5.41 Å². The van der Waals surface area contributed by atoms with Crippen molar-refractivity contribution in [3.05, 3.63) is 35.9 Å². The summed E-state index contributed by atoms with van der Waals surface area (Å²) in [7, 11) is 1.30. The molecule has 5 heteroatoms. The highest BCUT2D eigenvalue weighted by Gasteiger charge is 2.44. The summed E-state index contributed by atoms with van der Waals surface area (Å²) in [5, 5.41) is 18.1. The van der Waals surface area contributed by atoms with Gasteiger partial charge in [-0.25, -0.2) is 0 Å². The quantitative estimate of drug-likeness (QED) is 0.640. The van der Waals surface area contributed by atoms with Crippen molar-refractivity contribution in [3.63, 3.8) is 0 Å². The molecule has 2 rings (SSSR count). The Labute approximate surface area is 133 Å². The third kappa shape index (κ3) is 5.42. The van der Waals surface area contributed by atoms with Gasteiger partial charge in [0.1, 0.15) is 0 Å². The van der Waals surface area contributed by atoms with Gasteiger partial charge < -0.3 is 10.2 Å². The van der Waals surface area contributed by atoms with Crippen LogP contribution < -0.4 is 0 Å². The van der Waals surface area contributed by atoms with Crippen molar-refractivity contribution in [2.45, 2.75) is 39.0 Å². The van der Waals surface area contributed by atoms with Crippen molar-refractivity contribution < 1.29 is 19.8 Å². The van der Waals surface area contributed by atoms with E-state index >= 15 is 0 Å². The maximum atomic E-state index is 11.1. The summed E-state index contributed by atoms with van der Waals surface area (Å²) in [4.78, 5) is 22.2. The smallest absolute Gasteiger partial charge is 0.321 e. The van der Waals surface area contributed by atoms with Gasteiger partial charge in [-0.2, -0.15) is 0 Å². The second kappa shape index (κ2) is 9.58. The van der Waals surface area contributed by atoms with E-state index in [4.69, 9.17) is 10.2 Å². The van der Waals surface area contributed by atoms with Crippen LogP contribution in [0.3, 0.4) is 0 Å². The highest BCUT2D eigenvalue weighted by atomic mass is 31.1. The maximum absolute atomic E-state index is 11.1. The predicted octanol–water partition coefficient (Wildman–Crippen LogP) is 3.64. The van der Waals surface area contributed by atoms with Crippen molar-refractivity contribution in [1.29, 1.82) is 0 Å². The van der Waals surface area contributed by atoms with E-state index in [-0.39, 0.29) is 12.8 Å². The molecule has 0 unspecified atom stereocenters. The van der Waals surface area contributed by atoms with Gasteiger partial charge in [0, 0.05) is 0 Å². The molecule has 0 radical (unpaired) electrons. The van der Waals surface area contributed by atoms with E-state index in [1.807, 2.05) is 0 Å². The molecule has 1 aliphatic rings. The molecular formula is C17H25O4P.